The maximum Gasteiger partial charge on any atom is 0.247 e. The molecule has 0 spiro atoms. The Hall–Kier alpha value is -3.39. The fourth-order valence-electron chi connectivity index (χ4n) is 3.51. The van der Waals surface area contributed by atoms with Gasteiger partial charge < -0.3 is 10.2 Å². The van der Waals surface area contributed by atoms with Crippen molar-refractivity contribution in [3.05, 3.63) is 72.7 Å². The minimum Gasteiger partial charge on any atom is -0.354 e. The lowest BCUT2D eigenvalue weighted by atomic mass is 10.1. The summed E-state index contributed by atoms with van der Waals surface area (Å²) in [6.45, 7) is 4.70. The van der Waals surface area contributed by atoms with Crippen molar-refractivity contribution >= 4 is 29.7 Å². The van der Waals surface area contributed by atoms with Gasteiger partial charge in [-0.1, -0.05) is 32.0 Å². The van der Waals surface area contributed by atoms with Gasteiger partial charge in [0.05, 0.1) is 11.6 Å². The third-order valence-electron chi connectivity index (χ3n) is 5.26. The van der Waals surface area contributed by atoms with Gasteiger partial charge in [0.25, 0.3) is 0 Å². The molecule has 1 N–H and O–H groups in total. The summed E-state index contributed by atoms with van der Waals surface area (Å²) in [7, 11) is 0. The van der Waals surface area contributed by atoms with Crippen LogP contribution in [0.15, 0.2) is 67.1 Å². The van der Waals surface area contributed by atoms with E-state index in [1.807, 2.05) is 62.5 Å². The lowest BCUT2D eigenvalue weighted by Crippen LogP contribution is -2.47. The molecular weight excluding hydrogens is 434 g/mol. The van der Waals surface area contributed by atoms with Crippen molar-refractivity contribution < 1.29 is 9.59 Å². The maximum atomic E-state index is 13.0. The zero-order valence-corrected chi connectivity index (χ0v) is 19.5. The molecule has 1 aliphatic rings. The number of rotatable bonds is 7. The van der Waals surface area contributed by atoms with E-state index < -0.39 is 6.04 Å². The number of pyridine rings is 1. The van der Waals surface area contributed by atoms with Crippen LogP contribution in [-0.4, -0.2) is 55.7 Å². The molecule has 170 valence electrons. The van der Waals surface area contributed by atoms with Gasteiger partial charge in [0.2, 0.25) is 11.8 Å². The second kappa shape index (κ2) is 10.5. The van der Waals surface area contributed by atoms with Crippen LogP contribution in [0.25, 0.3) is 23.0 Å². The molecule has 1 atom stereocenters. The number of amides is 2. The van der Waals surface area contributed by atoms with E-state index in [1.54, 1.807) is 39.8 Å². The summed E-state index contributed by atoms with van der Waals surface area (Å²) in [6, 6.07) is 13.2. The number of carbonyl (C=O) groups excluding carboxylic acids is 2. The number of carbonyl (C=O) groups is 2. The molecule has 4 rings (SSSR count). The summed E-state index contributed by atoms with van der Waals surface area (Å²) in [4.78, 5) is 31.4. The van der Waals surface area contributed by atoms with E-state index in [-0.39, 0.29) is 11.8 Å². The number of nitrogens with zero attached hydrogens (tertiary/aromatic N) is 4. The SMILES string of the molecule is CC(C)CNC(=O)C1CSCN1C(=O)C=Cc1cn(-c2ccccc2)nc1-c1cccnc1. The smallest absolute Gasteiger partial charge is 0.247 e. The van der Waals surface area contributed by atoms with E-state index in [2.05, 4.69) is 10.3 Å². The highest BCUT2D eigenvalue weighted by Crippen LogP contribution is 2.25. The lowest BCUT2D eigenvalue weighted by Gasteiger charge is -2.22. The van der Waals surface area contributed by atoms with Gasteiger partial charge in [0, 0.05) is 48.1 Å². The summed E-state index contributed by atoms with van der Waals surface area (Å²) < 4.78 is 1.79. The first-order valence-electron chi connectivity index (χ1n) is 10.9. The van der Waals surface area contributed by atoms with E-state index in [1.165, 1.54) is 6.08 Å². The van der Waals surface area contributed by atoms with Gasteiger partial charge in [-0.05, 0) is 36.3 Å². The van der Waals surface area contributed by atoms with Crippen molar-refractivity contribution in [2.75, 3.05) is 18.2 Å². The zero-order chi connectivity index (χ0) is 23.2. The van der Waals surface area contributed by atoms with Crippen molar-refractivity contribution in [2.24, 2.45) is 5.92 Å². The molecule has 0 saturated carbocycles. The monoisotopic (exact) mass is 461 g/mol. The number of benzene rings is 1. The minimum atomic E-state index is -0.448. The number of aromatic nitrogens is 3. The summed E-state index contributed by atoms with van der Waals surface area (Å²) in [6.07, 6.45) is 8.66. The quantitative estimate of drug-likeness (QED) is 0.544. The minimum absolute atomic E-state index is 0.0941. The Morgan fingerprint density at radius 3 is 2.76 bits per heavy atom. The number of nitrogens with one attached hydrogen (secondary N) is 1. The van der Waals surface area contributed by atoms with E-state index in [9.17, 15) is 9.59 Å². The summed E-state index contributed by atoms with van der Waals surface area (Å²) in [5.41, 5.74) is 3.32. The molecule has 0 aliphatic carbocycles. The van der Waals surface area contributed by atoms with Crippen molar-refractivity contribution in [3.63, 3.8) is 0 Å². The Labute approximate surface area is 197 Å². The number of thioether (sulfide) groups is 1. The predicted octanol–water partition coefficient (Wildman–Crippen LogP) is 3.62. The van der Waals surface area contributed by atoms with E-state index >= 15 is 0 Å². The van der Waals surface area contributed by atoms with Gasteiger partial charge in [0.15, 0.2) is 0 Å². The molecule has 1 saturated heterocycles. The standard InChI is InChI=1S/C25H27N5O2S/c1-18(2)13-27-25(32)22-16-33-17-29(22)23(31)11-10-20-15-30(21-8-4-3-5-9-21)28-24(20)19-7-6-12-26-14-19/h3-12,14-15,18,22H,13,16-17H2,1-2H3,(H,27,32). The molecule has 3 aromatic rings. The Morgan fingerprint density at radius 2 is 2.03 bits per heavy atom. The second-order valence-corrected chi connectivity index (χ2v) is 9.25. The fraction of sp³-hybridized carbons (Fsp3) is 0.280. The van der Waals surface area contributed by atoms with E-state index in [0.717, 1.165) is 22.5 Å². The predicted molar refractivity (Wildman–Crippen MR) is 132 cm³/mol. The molecule has 33 heavy (non-hydrogen) atoms. The molecule has 1 unspecified atom stereocenters. The average molecular weight is 462 g/mol. The largest absolute Gasteiger partial charge is 0.354 e. The van der Waals surface area contributed by atoms with Crippen molar-refractivity contribution in [1.29, 1.82) is 0 Å². The molecule has 0 bridgehead atoms. The highest BCUT2D eigenvalue weighted by Gasteiger charge is 2.33. The topological polar surface area (TPSA) is 80.1 Å². The summed E-state index contributed by atoms with van der Waals surface area (Å²) >= 11 is 1.59. The van der Waals surface area contributed by atoms with Crippen molar-refractivity contribution in [2.45, 2.75) is 19.9 Å². The summed E-state index contributed by atoms with van der Waals surface area (Å²) in [5.74, 6) is 1.19. The van der Waals surface area contributed by atoms with Crippen molar-refractivity contribution in [1.82, 2.24) is 25.0 Å². The molecule has 0 radical (unpaired) electrons. The first-order valence-corrected chi connectivity index (χ1v) is 12.1. The Morgan fingerprint density at radius 1 is 1.21 bits per heavy atom. The molecule has 2 amide bonds. The van der Waals surface area contributed by atoms with Crippen LogP contribution in [0.4, 0.5) is 0 Å². The van der Waals surface area contributed by atoms with Crippen LogP contribution in [0, 0.1) is 5.92 Å². The molecule has 3 heterocycles. The number of hydrogen-bond donors (Lipinski definition) is 1. The van der Waals surface area contributed by atoms with Crippen LogP contribution in [0.5, 0.6) is 0 Å². The van der Waals surface area contributed by atoms with Crippen LogP contribution in [0.3, 0.4) is 0 Å². The van der Waals surface area contributed by atoms with Crippen LogP contribution in [-0.2, 0) is 9.59 Å². The Bertz CT molecular complexity index is 1130. The normalized spacial score (nSPS) is 16.0. The third-order valence-corrected chi connectivity index (χ3v) is 6.27. The zero-order valence-electron chi connectivity index (χ0n) is 18.7. The van der Waals surface area contributed by atoms with Crippen LogP contribution in [0.2, 0.25) is 0 Å². The maximum absolute atomic E-state index is 13.0. The lowest BCUT2D eigenvalue weighted by molar-refractivity contribution is -0.134. The molecule has 1 fully saturated rings. The van der Waals surface area contributed by atoms with E-state index in [4.69, 9.17) is 5.10 Å². The first kappa shape index (κ1) is 22.8. The average Bonchev–Trinajstić information content (AvgIpc) is 3.50. The van der Waals surface area contributed by atoms with Gasteiger partial charge in [-0.25, -0.2) is 4.68 Å². The molecule has 2 aromatic heterocycles. The van der Waals surface area contributed by atoms with Gasteiger partial charge in [-0.3, -0.25) is 14.6 Å². The molecule has 8 heteroatoms. The number of para-hydroxylation sites is 1. The first-order chi connectivity index (χ1) is 16.0. The second-order valence-electron chi connectivity index (χ2n) is 8.25. The van der Waals surface area contributed by atoms with Crippen LogP contribution >= 0.6 is 11.8 Å². The summed E-state index contributed by atoms with van der Waals surface area (Å²) in [5, 5.41) is 7.69. The Kier molecular flexibility index (Phi) is 7.24. The van der Waals surface area contributed by atoms with Crippen molar-refractivity contribution in [3.8, 4) is 16.9 Å². The van der Waals surface area contributed by atoms with E-state index in [0.29, 0.717) is 24.1 Å². The van der Waals surface area contributed by atoms with Gasteiger partial charge in [-0.15, -0.1) is 11.8 Å². The Balaban J connectivity index is 1.57. The molecule has 1 aromatic carbocycles. The molecule has 7 nitrogen and oxygen atoms in total. The highest BCUT2D eigenvalue weighted by molar-refractivity contribution is 7.99. The number of hydrogen-bond acceptors (Lipinski definition) is 5. The van der Waals surface area contributed by atoms with Gasteiger partial charge >= 0.3 is 0 Å². The van der Waals surface area contributed by atoms with Crippen LogP contribution in [0.1, 0.15) is 19.4 Å². The fourth-order valence-corrected chi connectivity index (χ4v) is 4.67. The molecular formula is C25H27N5O2S. The molecule has 1 aliphatic heterocycles. The highest BCUT2D eigenvalue weighted by atomic mass is 32.2. The van der Waals surface area contributed by atoms with Crippen LogP contribution < -0.4 is 5.32 Å². The van der Waals surface area contributed by atoms with Gasteiger partial charge in [0.1, 0.15) is 11.7 Å². The third kappa shape index (κ3) is 5.51. The van der Waals surface area contributed by atoms with Gasteiger partial charge in [-0.2, -0.15) is 5.10 Å².